The molecule has 2 aromatic carbocycles. The number of nitrogens with zero attached hydrogens (tertiary/aromatic N) is 1. The lowest BCUT2D eigenvalue weighted by molar-refractivity contribution is -0.115. The Morgan fingerprint density at radius 2 is 1.81 bits per heavy atom. The first-order valence-electron chi connectivity index (χ1n) is 8.65. The Bertz CT molecular complexity index is 872. The van der Waals surface area contributed by atoms with Gasteiger partial charge in [-0.1, -0.05) is 59.8 Å². The van der Waals surface area contributed by atoms with Crippen molar-refractivity contribution in [3.63, 3.8) is 0 Å². The first kappa shape index (κ1) is 18.3. The van der Waals surface area contributed by atoms with Gasteiger partial charge in [0.25, 0.3) is 0 Å². The van der Waals surface area contributed by atoms with Crippen LogP contribution in [0.1, 0.15) is 29.4 Å². The molecule has 5 heteroatoms. The number of nitrogens with one attached hydrogen (secondary N) is 2. The molecule has 3 rings (SSSR count). The molecule has 0 fully saturated rings. The highest BCUT2D eigenvalue weighted by Crippen LogP contribution is 2.24. The van der Waals surface area contributed by atoms with Crippen molar-refractivity contribution in [1.29, 1.82) is 0 Å². The second kappa shape index (κ2) is 8.23. The zero-order valence-corrected chi connectivity index (χ0v) is 16.1. The van der Waals surface area contributed by atoms with E-state index in [2.05, 4.69) is 27.4 Å². The number of anilines is 1. The van der Waals surface area contributed by atoms with E-state index in [9.17, 15) is 4.79 Å². The van der Waals surface area contributed by atoms with Gasteiger partial charge in [0, 0.05) is 17.8 Å². The molecule has 0 bridgehead atoms. The largest absolute Gasteiger partial charge is 0.337 e. The summed E-state index contributed by atoms with van der Waals surface area (Å²) in [6.45, 7) is 5.94. The molecule has 1 atom stereocenters. The molecule has 26 heavy (non-hydrogen) atoms. The van der Waals surface area contributed by atoms with E-state index in [1.807, 2.05) is 63.2 Å². The van der Waals surface area contributed by atoms with Gasteiger partial charge >= 0.3 is 0 Å². The maximum atomic E-state index is 12.4. The van der Waals surface area contributed by atoms with Crippen molar-refractivity contribution in [2.24, 2.45) is 0 Å². The fourth-order valence-electron chi connectivity index (χ4n) is 2.59. The third-order valence-corrected chi connectivity index (χ3v) is 5.14. The number of imidazole rings is 1. The van der Waals surface area contributed by atoms with Crippen LogP contribution in [0.5, 0.6) is 0 Å². The van der Waals surface area contributed by atoms with E-state index in [0.717, 1.165) is 28.7 Å². The van der Waals surface area contributed by atoms with E-state index in [-0.39, 0.29) is 11.2 Å². The number of aryl methyl sites for hydroxylation is 2. The van der Waals surface area contributed by atoms with E-state index in [4.69, 9.17) is 0 Å². The molecular weight excluding hydrogens is 342 g/mol. The molecule has 0 saturated carbocycles. The molecule has 1 aromatic heterocycles. The molecule has 0 spiro atoms. The van der Waals surface area contributed by atoms with Crippen LogP contribution in [0.25, 0.3) is 0 Å². The van der Waals surface area contributed by atoms with Crippen molar-refractivity contribution in [2.75, 3.05) is 5.32 Å². The van der Waals surface area contributed by atoms with E-state index in [1.54, 1.807) is 0 Å². The molecule has 0 aliphatic rings. The van der Waals surface area contributed by atoms with Crippen molar-refractivity contribution < 1.29 is 4.79 Å². The minimum Gasteiger partial charge on any atom is -0.337 e. The van der Waals surface area contributed by atoms with Gasteiger partial charge < -0.3 is 10.3 Å². The molecule has 134 valence electrons. The monoisotopic (exact) mass is 365 g/mol. The lowest BCUT2D eigenvalue weighted by atomic mass is 10.1. The fourth-order valence-corrected chi connectivity index (χ4v) is 3.46. The molecule has 0 aliphatic heterocycles. The summed E-state index contributed by atoms with van der Waals surface area (Å²) in [6.07, 6.45) is 0.785. The molecule has 0 saturated heterocycles. The van der Waals surface area contributed by atoms with Gasteiger partial charge in [-0.2, -0.15) is 0 Å². The van der Waals surface area contributed by atoms with Crippen LogP contribution in [-0.4, -0.2) is 21.1 Å². The van der Waals surface area contributed by atoms with E-state index >= 15 is 0 Å². The summed E-state index contributed by atoms with van der Waals surface area (Å²) < 4.78 is 0. The lowest BCUT2D eigenvalue weighted by Crippen LogP contribution is -2.22. The van der Waals surface area contributed by atoms with Crippen LogP contribution < -0.4 is 5.32 Å². The van der Waals surface area contributed by atoms with Gasteiger partial charge in [-0.3, -0.25) is 4.79 Å². The van der Waals surface area contributed by atoms with Crippen molar-refractivity contribution in [3.8, 4) is 0 Å². The Kier molecular flexibility index (Phi) is 5.78. The number of carbonyl (C=O) groups excluding carboxylic acids is 1. The fraction of sp³-hybridized carbons (Fsp3) is 0.238. The molecule has 1 heterocycles. The molecular formula is C21H23N3OS. The summed E-state index contributed by atoms with van der Waals surface area (Å²) in [5, 5.41) is 3.48. The summed E-state index contributed by atoms with van der Waals surface area (Å²) in [7, 11) is 0. The van der Waals surface area contributed by atoms with E-state index in [0.29, 0.717) is 0 Å². The zero-order valence-electron chi connectivity index (χ0n) is 15.2. The SMILES string of the molecule is Cc1ccc(NC(=O)[C@@H](C)Sc2nc(Cc3ccccc3)c(C)[nH]2)cc1. The first-order chi connectivity index (χ1) is 12.5. The number of benzene rings is 2. The average molecular weight is 366 g/mol. The Balaban J connectivity index is 1.62. The number of H-pyrrole nitrogens is 1. The van der Waals surface area contributed by atoms with Gasteiger partial charge in [0.05, 0.1) is 10.9 Å². The van der Waals surface area contributed by atoms with Gasteiger partial charge in [-0.15, -0.1) is 0 Å². The van der Waals surface area contributed by atoms with Crippen molar-refractivity contribution in [1.82, 2.24) is 9.97 Å². The minimum atomic E-state index is -0.244. The standard InChI is InChI=1S/C21H23N3OS/c1-14-9-11-18(12-10-14)23-20(25)16(3)26-21-22-15(2)19(24-21)13-17-7-5-4-6-8-17/h4-12,16H,13H2,1-3H3,(H,22,24)(H,23,25)/t16-/m1/s1. The van der Waals surface area contributed by atoms with Gasteiger partial charge in [0.2, 0.25) is 5.91 Å². The van der Waals surface area contributed by atoms with Gasteiger partial charge in [0.1, 0.15) is 0 Å². The Morgan fingerprint density at radius 3 is 2.50 bits per heavy atom. The summed E-state index contributed by atoms with van der Waals surface area (Å²) in [4.78, 5) is 20.4. The number of amides is 1. The van der Waals surface area contributed by atoms with Crippen LogP contribution in [0.4, 0.5) is 5.69 Å². The number of hydrogen-bond donors (Lipinski definition) is 2. The summed E-state index contributed by atoms with van der Waals surface area (Å²) in [5.74, 6) is -0.0301. The first-order valence-corrected chi connectivity index (χ1v) is 9.53. The normalized spacial score (nSPS) is 12.0. The molecule has 2 N–H and O–H groups in total. The molecule has 1 amide bonds. The predicted octanol–water partition coefficient (Wildman–Crippen LogP) is 4.74. The third-order valence-electron chi connectivity index (χ3n) is 4.15. The smallest absolute Gasteiger partial charge is 0.237 e. The van der Waals surface area contributed by atoms with Crippen molar-refractivity contribution in [2.45, 2.75) is 37.6 Å². The Morgan fingerprint density at radius 1 is 1.12 bits per heavy atom. The lowest BCUT2D eigenvalue weighted by Gasteiger charge is -2.10. The number of aromatic amines is 1. The van der Waals surface area contributed by atoms with Gasteiger partial charge in [0.15, 0.2) is 5.16 Å². The van der Waals surface area contributed by atoms with E-state index in [1.165, 1.54) is 22.9 Å². The minimum absolute atomic E-state index is 0.0301. The summed E-state index contributed by atoms with van der Waals surface area (Å²) >= 11 is 1.44. The molecule has 3 aromatic rings. The van der Waals surface area contributed by atoms with Crippen LogP contribution in [0, 0.1) is 13.8 Å². The Labute approximate surface area is 158 Å². The van der Waals surface area contributed by atoms with Crippen LogP contribution in [-0.2, 0) is 11.2 Å². The van der Waals surface area contributed by atoms with Crippen LogP contribution in [0.3, 0.4) is 0 Å². The maximum Gasteiger partial charge on any atom is 0.237 e. The van der Waals surface area contributed by atoms with E-state index < -0.39 is 0 Å². The quantitative estimate of drug-likeness (QED) is 0.621. The summed E-state index contributed by atoms with van der Waals surface area (Å²) in [5.41, 5.74) is 5.27. The highest BCUT2D eigenvalue weighted by Gasteiger charge is 2.17. The van der Waals surface area contributed by atoms with Crippen LogP contribution in [0.15, 0.2) is 59.8 Å². The maximum absolute atomic E-state index is 12.4. The number of aromatic nitrogens is 2. The second-order valence-corrected chi connectivity index (χ2v) is 7.72. The van der Waals surface area contributed by atoms with Crippen LogP contribution in [0.2, 0.25) is 0 Å². The van der Waals surface area contributed by atoms with Crippen molar-refractivity contribution >= 4 is 23.4 Å². The van der Waals surface area contributed by atoms with Gasteiger partial charge in [-0.25, -0.2) is 4.98 Å². The molecule has 0 unspecified atom stereocenters. The number of rotatable bonds is 6. The van der Waals surface area contributed by atoms with Gasteiger partial charge in [-0.05, 0) is 38.5 Å². The second-order valence-electron chi connectivity index (χ2n) is 6.39. The number of thioether (sulfide) groups is 1. The molecule has 0 aliphatic carbocycles. The zero-order chi connectivity index (χ0) is 18.5. The topological polar surface area (TPSA) is 57.8 Å². The number of hydrogen-bond acceptors (Lipinski definition) is 3. The average Bonchev–Trinajstić information content (AvgIpc) is 2.97. The Hall–Kier alpha value is -2.53. The predicted molar refractivity (Wildman–Crippen MR) is 108 cm³/mol. The third kappa shape index (κ3) is 4.76. The highest BCUT2D eigenvalue weighted by atomic mass is 32.2. The molecule has 0 radical (unpaired) electrons. The number of carbonyl (C=O) groups is 1. The molecule has 4 nitrogen and oxygen atoms in total. The highest BCUT2D eigenvalue weighted by molar-refractivity contribution is 8.00. The van der Waals surface area contributed by atoms with Crippen LogP contribution >= 0.6 is 11.8 Å². The summed E-state index contributed by atoms with van der Waals surface area (Å²) in [6, 6.07) is 18.1. The van der Waals surface area contributed by atoms with Crippen molar-refractivity contribution in [3.05, 3.63) is 77.1 Å².